The van der Waals surface area contributed by atoms with E-state index in [-0.39, 0.29) is 11.2 Å². The molecule has 0 spiro atoms. The number of carbonyl (C=O) groups is 1. The highest BCUT2D eigenvalue weighted by Gasteiger charge is 2.15. The highest BCUT2D eigenvalue weighted by atomic mass is 35.5. The highest BCUT2D eigenvalue weighted by molar-refractivity contribution is 6.64. The first-order valence-electron chi connectivity index (χ1n) is 4.11. The summed E-state index contributed by atoms with van der Waals surface area (Å²) < 4.78 is 0. The standard InChI is InChI=1S/C11H11ClO/c1-2-6-10(11(12)13)9-7-4-3-5-8-9/h2-5,7-8,10H,1,6H2/t10-/m1/s1. The number of rotatable bonds is 4. The van der Waals surface area contributed by atoms with Gasteiger partial charge in [0, 0.05) is 0 Å². The summed E-state index contributed by atoms with van der Waals surface area (Å²) in [5.74, 6) is -0.250. The zero-order valence-corrected chi connectivity index (χ0v) is 8.00. The molecule has 1 atom stereocenters. The van der Waals surface area contributed by atoms with Gasteiger partial charge in [0.1, 0.15) is 0 Å². The summed E-state index contributed by atoms with van der Waals surface area (Å²) in [6.45, 7) is 3.60. The summed E-state index contributed by atoms with van der Waals surface area (Å²) in [7, 11) is 0. The minimum absolute atomic E-state index is 0.250. The van der Waals surface area contributed by atoms with Crippen molar-refractivity contribution in [2.75, 3.05) is 0 Å². The zero-order chi connectivity index (χ0) is 9.68. The van der Waals surface area contributed by atoms with E-state index in [0.29, 0.717) is 6.42 Å². The summed E-state index contributed by atoms with van der Waals surface area (Å²) >= 11 is 5.47. The van der Waals surface area contributed by atoms with Crippen LogP contribution in [-0.4, -0.2) is 5.24 Å². The molecule has 0 bridgehead atoms. The molecule has 0 aromatic heterocycles. The van der Waals surface area contributed by atoms with Crippen LogP contribution in [0.25, 0.3) is 0 Å². The Kier molecular flexibility index (Phi) is 3.71. The van der Waals surface area contributed by atoms with Crippen LogP contribution in [0.3, 0.4) is 0 Å². The molecule has 1 nitrogen and oxygen atoms in total. The van der Waals surface area contributed by atoms with Crippen LogP contribution >= 0.6 is 11.6 Å². The molecule has 1 rings (SSSR count). The molecule has 1 aromatic rings. The van der Waals surface area contributed by atoms with Gasteiger partial charge >= 0.3 is 0 Å². The van der Waals surface area contributed by atoms with Crippen LogP contribution in [-0.2, 0) is 4.79 Å². The molecular weight excluding hydrogens is 184 g/mol. The van der Waals surface area contributed by atoms with Crippen molar-refractivity contribution in [3.63, 3.8) is 0 Å². The number of hydrogen-bond donors (Lipinski definition) is 0. The SMILES string of the molecule is C=CC[C@@H](C(=O)Cl)c1ccccc1. The Morgan fingerprint density at radius 2 is 2.08 bits per heavy atom. The lowest BCUT2D eigenvalue weighted by molar-refractivity contribution is -0.112. The summed E-state index contributed by atoms with van der Waals surface area (Å²) in [5.41, 5.74) is 0.947. The van der Waals surface area contributed by atoms with Gasteiger partial charge in [0.25, 0.3) is 0 Å². The van der Waals surface area contributed by atoms with Gasteiger partial charge in [-0.3, -0.25) is 4.79 Å². The molecule has 0 heterocycles. The monoisotopic (exact) mass is 194 g/mol. The molecule has 0 saturated carbocycles. The Morgan fingerprint density at radius 1 is 1.46 bits per heavy atom. The van der Waals surface area contributed by atoms with Gasteiger partial charge in [-0.25, -0.2) is 0 Å². The van der Waals surface area contributed by atoms with E-state index in [1.807, 2.05) is 30.3 Å². The zero-order valence-electron chi connectivity index (χ0n) is 7.24. The van der Waals surface area contributed by atoms with Crippen LogP contribution in [0.1, 0.15) is 17.9 Å². The van der Waals surface area contributed by atoms with Crippen LogP contribution < -0.4 is 0 Å². The summed E-state index contributed by atoms with van der Waals surface area (Å²) in [4.78, 5) is 11.1. The van der Waals surface area contributed by atoms with Crippen molar-refractivity contribution in [3.05, 3.63) is 48.6 Å². The summed E-state index contributed by atoms with van der Waals surface area (Å²) in [5, 5.41) is -0.328. The van der Waals surface area contributed by atoms with Crippen LogP contribution in [0.15, 0.2) is 43.0 Å². The molecule has 0 radical (unpaired) electrons. The smallest absolute Gasteiger partial charge is 0.229 e. The second-order valence-electron chi connectivity index (χ2n) is 2.79. The molecule has 68 valence electrons. The topological polar surface area (TPSA) is 17.1 Å². The largest absolute Gasteiger partial charge is 0.281 e. The first-order chi connectivity index (χ1) is 6.25. The van der Waals surface area contributed by atoms with Crippen LogP contribution in [0, 0.1) is 0 Å². The summed E-state index contributed by atoms with van der Waals surface area (Å²) in [6.07, 6.45) is 2.30. The maximum absolute atomic E-state index is 11.1. The van der Waals surface area contributed by atoms with Gasteiger partial charge in [-0.15, -0.1) is 6.58 Å². The fourth-order valence-corrected chi connectivity index (χ4v) is 1.43. The Bertz CT molecular complexity index is 292. The second kappa shape index (κ2) is 4.83. The Hall–Kier alpha value is -1.08. The van der Waals surface area contributed by atoms with Crippen molar-refractivity contribution in [2.24, 2.45) is 0 Å². The predicted molar refractivity (Wildman–Crippen MR) is 54.9 cm³/mol. The minimum atomic E-state index is -0.328. The van der Waals surface area contributed by atoms with E-state index in [0.717, 1.165) is 5.56 Å². The van der Waals surface area contributed by atoms with E-state index in [1.54, 1.807) is 6.08 Å². The van der Waals surface area contributed by atoms with E-state index in [1.165, 1.54) is 0 Å². The number of halogens is 1. The molecule has 0 unspecified atom stereocenters. The molecule has 2 heteroatoms. The van der Waals surface area contributed by atoms with Gasteiger partial charge in [0.15, 0.2) is 0 Å². The number of hydrogen-bond acceptors (Lipinski definition) is 1. The fourth-order valence-electron chi connectivity index (χ4n) is 1.21. The fraction of sp³-hybridized carbons (Fsp3) is 0.182. The van der Waals surface area contributed by atoms with E-state index in [9.17, 15) is 4.79 Å². The van der Waals surface area contributed by atoms with Crippen molar-refractivity contribution in [3.8, 4) is 0 Å². The number of carbonyl (C=O) groups excluding carboxylic acids is 1. The third kappa shape index (κ3) is 2.71. The molecular formula is C11H11ClO. The molecule has 0 amide bonds. The predicted octanol–water partition coefficient (Wildman–Crippen LogP) is 3.11. The van der Waals surface area contributed by atoms with Gasteiger partial charge in [-0.2, -0.15) is 0 Å². The first-order valence-corrected chi connectivity index (χ1v) is 4.48. The lowest BCUT2D eigenvalue weighted by atomic mass is 9.97. The average Bonchev–Trinajstić information content (AvgIpc) is 2.15. The quantitative estimate of drug-likeness (QED) is 0.532. The molecule has 1 aromatic carbocycles. The molecule has 0 saturated heterocycles. The van der Waals surface area contributed by atoms with Crippen molar-refractivity contribution >= 4 is 16.8 Å². The summed E-state index contributed by atoms with van der Waals surface area (Å²) in [6, 6.07) is 9.49. The van der Waals surface area contributed by atoms with Gasteiger partial charge in [-0.05, 0) is 23.6 Å². The van der Waals surface area contributed by atoms with Crippen molar-refractivity contribution < 1.29 is 4.79 Å². The maximum atomic E-state index is 11.1. The van der Waals surface area contributed by atoms with E-state index < -0.39 is 0 Å². The van der Waals surface area contributed by atoms with E-state index in [2.05, 4.69) is 6.58 Å². The lowest BCUT2D eigenvalue weighted by Crippen LogP contribution is -2.05. The third-order valence-corrected chi connectivity index (χ3v) is 2.14. The van der Waals surface area contributed by atoms with Crippen LogP contribution in [0.2, 0.25) is 0 Å². The maximum Gasteiger partial charge on any atom is 0.229 e. The molecule has 0 N–H and O–H groups in total. The van der Waals surface area contributed by atoms with Gasteiger partial charge in [0.2, 0.25) is 5.24 Å². The lowest BCUT2D eigenvalue weighted by Gasteiger charge is -2.09. The highest BCUT2D eigenvalue weighted by Crippen LogP contribution is 2.22. The normalized spacial score (nSPS) is 12.1. The molecule has 0 aliphatic carbocycles. The molecule has 13 heavy (non-hydrogen) atoms. The van der Waals surface area contributed by atoms with Crippen molar-refractivity contribution in [1.82, 2.24) is 0 Å². The Morgan fingerprint density at radius 3 is 2.54 bits per heavy atom. The van der Waals surface area contributed by atoms with Crippen LogP contribution in [0.5, 0.6) is 0 Å². The first kappa shape index (κ1) is 10.0. The number of benzene rings is 1. The van der Waals surface area contributed by atoms with Gasteiger partial charge < -0.3 is 0 Å². The van der Waals surface area contributed by atoms with Gasteiger partial charge in [-0.1, -0.05) is 36.4 Å². The van der Waals surface area contributed by atoms with Crippen molar-refractivity contribution in [2.45, 2.75) is 12.3 Å². The van der Waals surface area contributed by atoms with Crippen molar-refractivity contribution in [1.29, 1.82) is 0 Å². The molecule has 0 aliphatic heterocycles. The minimum Gasteiger partial charge on any atom is -0.281 e. The molecule has 0 aliphatic rings. The van der Waals surface area contributed by atoms with Gasteiger partial charge in [0.05, 0.1) is 5.92 Å². The molecule has 0 fully saturated rings. The average molecular weight is 195 g/mol. The Labute approximate surface area is 83.0 Å². The number of allylic oxidation sites excluding steroid dienone is 1. The Balaban J connectivity index is 2.88. The van der Waals surface area contributed by atoms with E-state index in [4.69, 9.17) is 11.6 Å². The second-order valence-corrected chi connectivity index (χ2v) is 3.16. The van der Waals surface area contributed by atoms with Crippen LogP contribution in [0.4, 0.5) is 0 Å². The third-order valence-electron chi connectivity index (χ3n) is 1.88. The van der Waals surface area contributed by atoms with E-state index >= 15 is 0 Å².